The first-order chi connectivity index (χ1) is 15.4. The molecule has 3 aromatic carbocycles. The Kier molecular flexibility index (Phi) is 8.60. The molecule has 4 heteroatoms. The van der Waals surface area contributed by atoms with Crippen molar-refractivity contribution in [3.63, 3.8) is 0 Å². The molecule has 0 amide bonds. The quantitative estimate of drug-likeness (QED) is 0.425. The van der Waals surface area contributed by atoms with Crippen LogP contribution in [0.5, 0.6) is 0 Å². The van der Waals surface area contributed by atoms with Crippen molar-refractivity contribution in [2.75, 3.05) is 26.4 Å². The van der Waals surface area contributed by atoms with E-state index in [1.807, 2.05) is 13.8 Å². The van der Waals surface area contributed by atoms with Crippen molar-refractivity contribution in [3.8, 4) is 22.3 Å². The molecule has 32 heavy (non-hydrogen) atoms. The van der Waals surface area contributed by atoms with Gasteiger partial charge < -0.3 is 19.7 Å². The number of aryl methyl sites for hydroxylation is 2. The molecule has 4 nitrogen and oxygen atoms in total. The maximum Gasteiger partial charge on any atom is 0.0803 e. The third-order valence-corrected chi connectivity index (χ3v) is 5.85. The largest absolute Gasteiger partial charge is 0.394 e. The van der Waals surface area contributed by atoms with E-state index < -0.39 is 0 Å². The smallest absolute Gasteiger partial charge is 0.0803 e. The van der Waals surface area contributed by atoms with Crippen LogP contribution >= 0.6 is 0 Å². The fourth-order valence-corrected chi connectivity index (χ4v) is 4.22. The first kappa shape index (κ1) is 24.1. The van der Waals surface area contributed by atoms with E-state index in [2.05, 4.69) is 74.5 Å². The Morgan fingerprint density at radius 3 is 1.50 bits per heavy atom. The maximum absolute atomic E-state index is 9.03. The number of benzene rings is 3. The third-order valence-electron chi connectivity index (χ3n) is 5.85. The van der Waals surface area contributed by atoms with Crippen molar-refractivity contribution in [2.24, 2.45) is 0 Å². The summed E-state index contributed by atoms with van der Waals surface area (Å²) in [7, 11) is 0. The molecule has 2 unspecified atom stereocenters. The predicted octanol–water partition coefficient (Wildman–Crippen LogP) is 5.78. The second-order valence-corrected chi connectivity index (χ2v) is 8.20. The van der Waals surface area contributed by atoms with Gasteiger partial charge in [0.15, 0.2) is 0 Å². The number of hydrogen-bond acceptors (Lipinski definition) is 4. The normalized spacial score (nSPS) is 13.2. The lowest BCUT2D eigenvalue weighted by Gasteiger charge is -2.19. The van der Waals surface area contributed by atoms with Gasteiger partial charge in [0.25, 0.3) is 0 Å². The highest BCUT2D eigenvalue weighted by Gasteiger charge is 2.14. The molecule has 0 radical (unpaired) electrons. The van der Waals surface area contributed by atoms with Crippen molar-refractivity contribution >= 4 is 0 Å². The van der Waals surface area contributed by atoms with Crippen LogP contribution in [0.1, 0.15) is 48.3 Å². The van der Waals surface area contributed by atoms with E-state index in [1.54, 1.807) is 0 Å². The number of aliphatic hydroxyl groups excluding tert-OH is 2. The number of hydrogen-bond donors (Lipinski definition) is 2. The minimum Gasteiger partial charge on any atom is -0.394 e. The van der Waals surface area contributed by atoms with Gasteiger partial charge in [0.1, 0.15) is 0 Å². The number of aliphatic hydroxyl groups is 2. The van der Waals surface area contributed by atoms with Crippen molar-refractivity contribution in [3.05, 3.63) is 82.9 Å². The minimum atomic E-state index is -0.0432. The van der Waals surface area contributed by atoms with E-state index in [4.69, 9.17) is 19.7 Å². The third kappa shape index (κ3) is 5.84. The van der Waals surface area contributed by atoms with Gasteiger partial charge in [-0.25, -0.2) is 0 Å². The molecule has 0 aliphatic heterocycles. The molecule has 0 saturated carbocycles. The van der Waals surface area contributed by atoms with Gasteiger partial charge in [0.05, 0.1) is 38.6 Å². The van der Waals surface area contributed by atoms with Gasteiger partial charge in [-0.3, -0.25) is 0 Å². The van der Waals surface area contributed by atoms with E-state index in [1.165, 1.54) is 33.4 Å². The summed E-state index contributed by atoms with van der Waals surface area (Å²) in [6.07, 6.45) is -0.0805. The zero-order chi connectivity index (χ0) is 23.1. The van der Waals surface area contributed by atoms with Crippen LogP contribution in [0.4, 0.5) is 0 Å². The van der Waals surface area contributed by atoms with Crippen molar-refractivity contribution in [1.29, 1.82) is 0 Å². The van der Waals surface area contributed by atoms with Crippen molar-refractivity contribution in [1.82, 2.24) is 0 Å². The monoisotopic (exact) mass is 434 g/mol. The Morgan fingerprint density at radius 1 is 0.625 bits per heavy atom. The highest BCUT2D eigenvalue weighted by Crippen LogP contribution is 2.32. The van der Waals surface area contributed by atoms with Gasteiger partial charge in [-0.2, -0.15) is 0 Å². The van der Waals surface area contributed by atoms with Gasteiger partial charge >= 0.3 is 0 Å². The summed E-state index contributed by atoms with van der Waals surface area (Å²) in [6, 6.07) is 21.4. The zero-order valence-electron chi connectivity index (χ0n) is 19.5. The molecular formula is C28H34O4. The van der Waals surface area contributed by atoms with Crippen LogP contribution in [0.3, 0.4) is 0 Å². The molecule has 170 valence electrons. The van der Waals surface area contributed by atoms with Gasteiger partial charge in [0, 0.05) is 0 Å². The first-order valence-corrected chi connectivity index (χ1v) is 11.2. The van der Waals surface area contributed by atoms with Crippen LogP contribution < -0.4 is 0 Å². The van der Waals surface area contributed by atoms with Gasteiger partial charge in [0.2, 0.25) is 0 Å². The highest BCUT2D eigenvalue weighted by molar-refractivity contribution is 5.71. The lowest BCUT2D eigenvalue weighted by molar-refractivity contribution is 0.0378. The SMILES string of the molecule is Cc1cc(-c2ccc(-c3ccc(C(C)OCCO)cc3)cc2)cc(C)c1C(C)OCCO. The van der Waals surface area contributed by atoms with Crippen molar-refractivity contribution < 1.29 is 19.7 Å². The lowest BCUT2D eigenvalue weighted by atomic mass is 9.92. The van der Waals surface area contributed by atoms with Gasteiger partial charge in [-0.15, -0.1) is 0 Å². The van der Waals surface area contributed by atoms with Crippen LogP contribution in [-0.4, -0.2) is 36.6 Å². The summed E-state index contributed by atoms with van der Waals surface area (Å²) < 4.78 is 11.3. The predicted molar refractivity (Wildman–Crippen MR) is 130 cm³/mol. The van der Waals surface area contributed by atoms with Crippen LogP contribution in [0.25, 0.3) is 22.3 Å². The summed E-state index contributed by atoms with van der Waals surface area (Å²) >= 11 is 0. The number of ether oxygens (including phenoxy) is 2. The topological polar surface area (TPSA) is 58.9 Å². The molecule has 0 spiro atoms. The second kappa shape index (κ2) is 11.4. The Labute approximate surface area is 191 Å². The van der Waals surface area contributed by atoms with Crippen LogP contribution in [0, 0.1) is 13.8 Å². The fourth-order valence-electron chi connectivity index (χ4n) is 4.22. The molecule has 0 heterocycles. The Morgan fingerprint density at radius 2 is 1.03 bits per heavy atom. The van der Waals surface area contributed by atoms with Gasteiger partial charge in [-0.05, 0) is 72.2 Å². The Hall–Kier alpha value is -2.50. The second-order valence-electron chi connectivity index (χ2n) is 8.20. The standard InChI is InChI=1S/C28H34O4/c1-19-17-27(18-20(2)28(19)22(4)32-16-14-30)26-11-9-25(10-12-26)24-7-5-23(6-8-24)21(3)31-15-13-29/h5-12,17-18,21-22,29-30H,13-16H2,1-4H3. The van der Waals surface area contributed by atoms with Crippen LogP contribution in [0.15, 0.2) is 60.7 Å². The molecule has 0 bridgehead atoms. The molecular weight excluding hydrogens is 400 g/mol. The highest BCUT2D eigenvalue weighted by atomic mass is 16.5. The first-order valence-electron chi connectivity index (χ1n) is 11.2. The van der Waals surface area contributed by atoms with E-state index in [-0.39, 0.29) is 25.4 Å². The Balaban J connectivity index is 1.77. The zero-order valence-corrected chi connectivity index (χ0v) is 19.5. The molecule has 0 aliphatic carbocycles. The van der Waals surface area contributed by atoms with E-state index >= 15 is 0 Å². The molecule has 0 aliphatic rings. The summed E-state index contributed by atoms with van der Waals surface area (Å²) in [5.74, 6) is 0. The van der Waals surface area contributed by atoms with Crippen LogP contribution in [-0.2, 0) is 9.47 Å². The molecule has 0 fully saturated rings. The lowest BCUT2D eigenvalue weighted by Crippen LogP contribution is -2.08. The maximum atomic E-state index is 9.03. The minimum absolute atomic E-state index is 0.0338. The Bertz CT molecular complexity index is 970. The molecule has 2 atom stereocenters. The molecule has 3 rings (SSSR count). The fraction of sp³-hybridized carbons (Fsp3) is 0.357. The summed E-state index contributed by atoms with van der Waals surface area (Å²) in [5, 5.41) is 17.9. The van der Waals surface area contributed by atoms with E-state index in [0.717, 1.165) is 11.1 Å². The summed E-state index contributed by atoms with van der Waals surface area (Å²) in [4.78, 5) is 0. The average Bonchev–Trinajstić information content (AvgIpc) is 2.81. The number of rotatable bonds is 10. The molecule has 2 N–H and O–H groups in total. The van der Waals surface area contributed by atoms with E-state index in [9.17, 15) is 0 Å². The van der Waals surface area contributed by atoms with Crippen molar-refractivity contribution in [2.45, 2.75) is 39.9 Å². The van der Waals surface area contributed by atoms with E-state index in [0.29, 0.717) is 13.2 Å². The van der Waals surface area contributed by atoms with Gasteiger partial charge in [-0.1, -0.05) is 60.7 Å². The average molecular weight is 435 g/mol. The molecule has 3 aromatic rings. The van der Waals surface area contributed by atoms with Crippen LogP contribution in [0.2, 0.25) is 0 Å². The molecule has 0 saturated heterocycles. The summed E-state index contributed by atoms with van der Waals surface area (Å²) in [6.45, 7) is 9.02. The summed E-state index contributed by atoms with van der Waals surface area (Å²) in [5.41, 5.74) is 9.38. The molecule has 0 aromatic heterocycles.